The summed E-state index contributed by atoms with van der Waals surface area (Å²) in [5.74, 6) is 0.468. The molecule has 1 aliphatic heterocycles. The number of hydrogen-bond acceptors (Lipinski definition) is 3. The first-order valence-electron chi connectivity index (χ1n) is 8.85. The number of hydrogen-bond donors (Lipinski definition) is 0. The average Bonchev–Trinajstić information content (AvgIpc) is 3.16. The van der Waals surface area contributed by atoms with Gasteiger partial charge in [-0.05, 0) is 51.7 Å². The number of halogens is 3. The van der Waals surface area contributed by atoms with Crippen molar-refractivity contribution in [1.82, 2.24) is 9.78 Å². The maximum Gasteiger partial charge on any atom is 0.461 e. The third-order valence-corrected chi connectivity index (χ3v) is 5.89. The Morgan fingerprint density at radius 1 is 1.19 bits per heavy atom. The Balaban J connectivity index is 1.55. The second-order valence-corrected chi connectivity index (χ2v) is 8.37. The summed E-state index contributed by atoms with van der Waals surface area (Å²) in [6.07, 6.45) is -1.90. The number of aromatic nitrogens is 2. The molecule has 1 aromatic heterocycles. The normalized spacial score (nSPS) is 27.3. The van der Waals surface area contributed by atoms with E-state index in [1.807, 2.05) is 45.9 Å². The van der Waals surface area contributed by atoms with E-state index in [1.165, 1.54) is 6.20 Å². The van der Waals surface area contributed by atoms with Crippen molar-refractivity contribution in [2.75, 3.05) is 0 Å². The second kappa shape index (κ2) is 5.49. The molecule has 1 aromatic carbocycles. The zero-order valence-corrected chi connectivity index (χ0v) is 15.3. The van der Waals surface area contributed by atoms with Crippen LogP contribution in [0.4, 0.5) is 13.2 Å². The Morgan fingerprint density at radius 3 is 2.46 bits per heavy atom. The first-order chi connectivity index (χ1) is 12.0. The van der Waals surface area contributed by atoms with Crippen LogP contribution in [0.25, 0.3) is 10.9 Å². The fourth-order valence-corrected chi connectivity index (χ4v) is 3.58. The van der Waals surface area contributed by atoms with Crippen molar-refractivity contribution < 1.29 is 22.5 Å². The van der Waals surface area contributed by atoms with E-state index >= 15 is 0 Å². The summed E-state index contributed by atoms with van der Waals surface area (Å²) >= 11 is 0. The van der Waals surface area contributed by atoms with Crippen LogP contribution in [0.15, 0.2) is 24.4 Å². The molecule has 0 unspecified atom stereocenters. The Kier molecular flexibility index (Phi) is 3.77. The van der Waals surface area contributed by atoms with Crippen LogP contribution >= 0.6 is 0 Å². The molecule has 0 bridgehead atoms. The number of benzene rings is 1. The lowest BCUT2D eigenvalue weighted by Crippen LogP contribution is -2.41. The van der Waals surface area contributed by atoms with E-state index in [0.717, 1.165) is 16.7 Å². The van der Waals surface area contributed by atoms with Crippen LogP contribution in [-0.2, 0) is 15.9 Å². The van der Waals surface area contributed by atoms with Gasteiger partial charge in [-0.25, -0.2) is 0 Å². The zero-order chi connectivity index (χ0) is 18.9. The Labute approximate surface area is 150 Å². The molecule has 0 radical (unpaired) electrons. The fraction of sp³-hybridized carbons (Fsp3) is 0.611. The molecule has 2 aliphatic rings. The summed E-state index contributed by atoms with van der Waals surface area (Å²) < 4.78 is 51.5. The van der Waals surface area contributed by atoms with E-state index in [2.05, 4.69) is 5.10 Å². The maximum atomic E-state index is 12.7. The average molecular weight is 366 g/mol. The molecule has 8 heteroatoms. The molecule has 1 aliphatic carbocycles. The van der Waals surface area contributed by atoms with Crippen molar-refractivity contribution in [3.63, 3.8) is 0 Å². The molecule has 0 spiro atoms. The van der Waals surface area contributed by atoms with Crippen molar-refractivity contribution >= 4 is 18.0 Å². The van der Waals surface area contributed by atoms with E-state index in [1.54, 1.807) is 0 Å². The first kappa shape index (κ1) is 17.9. The topological polar surface area (TPSA) is 36.3 Å². The van der Waals surface area contributed by atoms with Crippen LogP contribution < -0.4 is 0 Å². The van der Waals surface area contributed by atoms with E-state index < -0.39 is 12.7 Å². The minimum atomic E-state index is -4.29. The van der Waals surface area contributed by atoms with Crippen molar-refractivity contribution in [2.45, 2.75) is 69.8 Å². The predicted octanol–water partition coefficient (Wildman–Crippen LogP) is 4.55. The number of rotatable bonds is 3. The minimum absolute atomic E-state index is 0.229. The molecule has 2 heterocycles. The summed E-state index contributed by atoms with van der Waals surface area (Å²) in [6, 6.07) is 5.63. The van der Waals surface area contributed by atoms with E-state index in [9.17, 15) is 13.2 Å². The summed E-state index contributed by atoms with van der Waals surface area (Å²) in [4.78, 5) is 0. The first-order valence-corrected chi connectivity index (χ1v) is 8.85. The molecule has 2 fully saturated rings. The number of alkyl halides is 3. The largest absolute Gasteiger partial charge is 0.461 e. The summed E-state index contributed by atoms with van der Waals surface area (Å²) in [5.41, 5.74) is 0.778. The van der Waals surface area contributed by atoms with Gasteiger partial charge in [-0.2, -0.15) is 18.3 Å². The van der Waals surface area contributed by atoms with E-state index in [0.29, 0.717) is 10.9 Å². The van der Waals surface area contributed by atoms with Gasteiger partial charge in [0.15, 0.2) is 0 Å². The third kappa shape index (κ3) is 3.03. The standard InChI is InChI=1S/C18H22BF3N2O2/c1-16(2)17(3,4)26-19(25-16)14-8-13(14)11-5-6-12-9-23-24(15(12)7-11)10-18(20,21)22/h5-7,9,13-14H,8,10H2,1-4H3/t13-,14+/m1/s1. The highest BCUT2D eigenvalue weighted by molar-refractivity contribution is 6.49. The van der Waals surface area contributed by atoms with Gasteiger partial charge in [-0.1, -0.05) is 12.1 Å². The van der Waals surface area contributed by atoms with Gasteiger partial charge in [-0.15, -0.1) is 0 Å². The predicted molar refractivity (Wildman–Crippen MR) is 93.0 cm³/mol. The van der Waals surface area contributed by atoms with Crippen LogP contribution in [0.3, 0.4) is 0 Å². The highest BCUT2D eigenvalue weighted by Crippen LogP contribution is 2.58. The molecule has 2 atom stereocenters. The van der Waals surface area contributed by atoms with Crippen LogP contribution in [0.1, 0.15) is 45.6 Å². The molecular weight excluding hydrogens is 344 g/mol. The monoisotopic (exact) mass is 366 g/mol. The van der Waals surface area contributed by atoms with Crippen LogP contribution in [0.2, 0.25) is 5.82 Å². The third-order valence-electron chi connectivity index (χ3n) is 5.89. The molecule has 0 N–H and O–H groups in total. The maximum absolute atomic E-state index is 12.7. The van der Waals surface area contributed by atoms with Crippen molar-refractivity contribution in [1.29, 1.82) is 0 Å². The molecule has 26 heavy (non-hydrogen) atoms. The molecule has 140 valence electrons. The Bertz CT molecular complexity index is 831. The smallest absolute Gasteiger partial charge is 0.403 e. The van der Waals surface area contributed by atoms with Gasteiger partial charge in [0.25, 0.3) is 0 Å². The zero-order valence-electron chi connectivity index (χ0n) is 15.3. The van der Waals surface area contributed by atoms with Gasteiger partial charge in [0.05, 0.1) is 22.9 Å². The summed E-state index contributed by atoms with van der Waals surface area (Å²) in [6.45, 7) is 7.00. The molecule has 4 nitrogen and oxygen atoms in total. The van der Waals surface area contributed by atoms with Crippen LogP contribution in [0, 0.1) is 0 Å². The molecule has 4 rings (SSSR count). The van der Waals surface area contributed by atoms with Crippen LogP contribution in [-0.4, -0.2) is 34.3 Å². The van der Waals surface area contributed by atoms with Gasteiger partial charge < -0.3 is 9.31 Å². The summed E-state index contributed by atoms with van der Waals surface area (Å²) in [5, 5.41) is 4.60. The molecule has 1 saturated carbocycles. The van der Waals surface area contributed by atoms with E-state index in [-0.39, 0.29) is 30.1 Å². The lowest BCUT2D eigenvalue weighted by Gasteiger charge is -2.32. The minimum Gasteiger partial charge on any atom is -0.403 e. The Hall–Kier alpha value is -1.54. The van der Waals surface area contributed by atoms with Crippen molar-refractivity contribution in [2.24, 2.45) is 0 Å². The van der Waals surface area contributed by atoms with E-state index in [4.69, 9.17) is 9.31 Å². The van der Waals surface area contributed by atoms with Crippen molar-refractivity contribution in [3.05, 3.63) is 30.0 Å². The lowest BCUT2D eigenvalue weighted by molar-refractivity contribution is -0.141. The van der Waals surface area contributed by atoms with Gasteiger partial charge >= 0.3 is 13.3 Å². The van der Waals surface area contributed by atoms with Gasteiger partial charge in [-0.3, -0.25) is 4.68 Å². The SMILES string of the molecule is CC1(C)OB([C@H]2C[C@@H]2c2ccc3cnn(CC(F)(F)F)c3c2)OC1(C)C. The summed E-state index contributed by atoms with van der Waals surface area (Å²) in [7, 11) is -0.277. The van der Waals surface area contributed by atoms with Crippen molar-refractivity contribution in [3.8, 4) is 0 Å². The highest BCUT2D eigenvalue weighted by Gasteiger charge is 2.59. The van der Waals surface area contributed by atoms with Crippen LogP contribution in [0.5, 0.6) is 0 Å². The molecule has 0 amide bonds. The second-order valence-electron chi connectivity index (χ2n) is 8.37. The lowest BCUT2D eigenvalue weighted by atomic mass is 9.79. The number of fused-ring (bicyclic) bond motifs is 1. The van der Waals surface area contributed by atoms with Gasteiger partial charge in [0.2, 0.25) is 0 Å². The quantitative estimate of drug-likeness (QED) is 0.748. The number of nitrogens with zero attached hydrogens (tertiary/aromatic N) is 2. The molecule has 2 aromatic rings. The van der Waals surface area contributed by atoms with Gasteiger partial charge in [0.1, 0.15) is 6.54 Å². The van der Waals surface area contributed by atoms with Gasteiger partial charge in [0, 0.05) is 11.2 Å². The fourth-order valence-electron chi connectivity index (χ4n) is 3.58. The highest BCUT2D eigenvalue weighted by atomic mass is 19.4. The molecular formula is C18H22BF3N2O2. The molecule has 1 saturated heterocycles. The Morgan fingerprint density at radius 2 is 1.85 bits per heavy atom.